The van der Waals surface area contributed by atoms with Crippen molar-refractivity contribution >= 4 is 28.9 Å². The maximum atomic E-state index is 12.6. The van der Waals surface area contributed by atoms with Gasteiger partial charge in [-0.05, 0) is 62.5 Å². The summed E-state index contributed by atoms with van der Waals surface area (Å²) in [4.78, 5) is 19.3. The predicted molar refractivity (Wildman–Crippen MR) is 127 cm³/mol. The predicted octanol–water partition coefficient (Wildman–Crippen LogP) is 4.21. The van der Waals surface area contributed by atoms with Gasteiger partial charge in [0, 0.05) is 43.3 Å². The molecule has 0 saturated carbocycles. The Hall–Kier alpha value is -3.19. The summed E-state index contributed by atoms with van der Waals surface area (Å²) in [5.41, 5.74) is 4.06. The van der Waals surface area contributed by atoms with Gasteiger partial charge in [0.15, 0.2) is 5.11 Å². The van der Waals surface area contributed by atoms with E-state index in [4.69, 9.17) is 12.2 Å². The number of aromatic nitrogens is 2. The lowest BCUT2D eigenvalue weighted by Crippen LogP contribution is -2.33. The van der Waals surface area contributed by atoms with E-state index in [0.717, 1.165) is 29.2 Å². The van der Waals surface area contributed by atoms with Crippen LogP contribution in [0, 0.1) is 6.92 Å². The van der Waals surface area contributed by atoms with Gasteiger partial charge in [-0.3, -0.25) is 9.78 Å². The third kappa shape index (κ3) is 4.61. The van der Waals surface area contributed by atoms with E-state index in [0.29, 0.717) is 18.1 Å². The molecule has 2 atom stereocenters. The summed E-state index contributed by atoms with van der Waals surface area (Å²) in [6.45, 7) is 5.53. The van der Waals surface area contributed by atoms with Gasteiger partial charge >= 0.3 is 0 Å². The molecule has 1 fully saturated rings. The first-order chi connectivity index (χ1) is 15.1. The molecular formula is C24H27N5OS. The van der Waals surface area contributed by atoms with E-state index in [1.54, 1.807) is 6.20 Å². The van der Waals surface area contributed by atoms with E-state index in [1.165, 1.54) is 0 Å². The number of hydrogen-bond donors (Lipinski definition) is 2. The van der Waals surface area contributed by atoms with Crippen LogP contribution in [0.1, 0.15) is 42.4 Å². The number of carbonyl (C=O) groups excluding carboxylic acids is 1. The molecule has 2 N–H and O–H groups in total. The molecular weight excluding hydrogens is 406 g/mol. The van der Waals surface area contributed by atoms with Crippen LogP contribution in [-0.2, 0) is 11.3 Å². The molecule has 1 amide bonds. The fraction of sp³-hybridized carbons (Fsp3) is 0.292. The van der Waals surface area contributed by atoms with Gasteiger partial charge in [0.05, 0.1) is 17.8 Å². The van der Waals surface area contributed by atoms with Gasteiger partial charge in [-0.25, -0.2) is 0 Å². The molecule has 3 heterocycles. The number of hydrogen-bond acceptors (Lipinski definition) is 3. The van der Waals surface area contributed by atoms with Crippen molar-refractivity contribution in [3.8, 4) is 0 Å². The van der Waals surface area contributed by atoms with Crippen LogP contribution in [0.15, 0.2) is 67.0 Å². The molecule has 0 unspecified atom stereocenters. The van der Waals surface area contributed by atoms with Gasteiger partial charge in [0.1, 0.15) is 0 Å². The first kappa shape index (κ1) is 21.1. The third-order valence-corrected chi connectivity index (χ3v) is 5.97. The van der Waals surface area contributed by atoms with Crippen molar-refractivity contribution in [1.29, 1.82) is 0 Å². The Morgan fingerprint density at radius 3 is 2.68 bits per heavy atom. The lowest BCUT2D eigenvalue weighted by Gasteiger charge is -2.28. The number of aryl methyl sites for hydroxylation is 2. The topological polar surface area (TPSA) is 62.2 Å². The molecule has 3 aromatic rings. The van der Waals surface area contributed by atoms with Crippen LogP contribution < -0.4 is 10.6 Å². The normalized spacial score (nSPS) is 18.1. The third-order valence-electron chi connectivity index (χ3n) is 5.62. The molecule has 2 aromatic heterocycles. The van der Waals surface area contributed by atoms with E-state index in [1.807, 2.05) is 49.4 Å². The zero-order chi connectivity index (χ0) is 21.8. The number of benzene rings is 1. The van der Waals surface area contributed by atoms with Crippen LogP contribution in [0.3, 0.4) is 0 Å². The van der Waals surface area contributed by atoms with Crippen molar-refractivity contribution < 1.29 is 4.79 Å². The van der Waals surface area contributed by atoms with Crippen molar-refractivity contribution in [2.75, 3.05) is 11.9 Å². The fourth-order valence-corrected chi connectivity index (χ4v) is 4.37. The van der Waals surface area contributed by atoms with E-state index in [9.17, 15) is 4.79 Å². The molecule has 31 heavy (non-hydrogen) atoms. The highest BCUT2D eigenvalue weighted by atomic mass is 32.1. The standard InChI is InChI=1S/C24H27N5OS/c1-3-28-15-6-8-20(28)23-22(19-7-4-5-14-25-19)27-24(31)29(23)16-13-21(30)26-18-11-9-17(2)10-12-18/h4-12,14-15,22-23H,3,13,16H2,1-2H3,(H,26,30)(H,27,31)/t22-,23+/m0/s1. The highest BCUT2D eigenvalue weighted by molar-refractivity contribution is 7.80. The smallest absolute Gasteiger partial charge is 0.226 e. The largest absolute Gasteiger partial charge is 0.352 e. The summed E-state index contributed by atoms with van der Waals surface area (Å²) in [6, 6.07) is 17.8. The molecule has 1 saturated heterocycles. The average Bonchev–Trinajstić information content (AvgIpc) is 3.38. The molecule has 0 bridgehead atoms. The number of carbonyl (C=O) groups is 1. The van der Waals surface area contributed by atoms with E-state index < -0.39 is 0 Å². The Bertz CT molecular complexity index is 1050. The molecule has 0 spiro atoms. The summed E-state index contributed by atoms with van der Waals surface area (Å²) in [5, 5.41) is 7.06. The second-order valence-corrected chi connectivity index (χ2v) is 8.09. The molecule has 0 radical (unpaired) electrons. The molecule has 160 valence electrons. The first-order valence-corrected chi connectivity index (χ1v) is 11.0. The number of anilines is 1. The lowest BCUT2D eigenvalue weighted by molar-refractivity contribution is -0.116. The monoisotopic (exact) mass is 433 g/mol. The van der Waals surface area contributed by atoms with E-state index in [-0.39, 0.29) is 18.0 Å². The maximum absolute atomic E-state index is 12.6. The second-order valence-electron chi connectivity index (χ2n) is 7.70. The number of pyridine rings is 1. The minimum Gasteiger partial charge on any atom is -0.352 e. The number of rotatable bonds is 7. The van der Waals surface area contributed by atoms with E-state index in [2.05, 4.69) is 50.3 Å². The van der Waals surface area contributed by atoms with Crippen LogP contribution in [0.25, 0.3) is 0 Å². The van der Waals surface area contributed by atoms with Crippen LogP contribution in [0.2, 0.25) is 0 Å². The summed E-state index contributed by atoms with van der Waals surface area (Å²) in [5.74, 6) is -0.0300. The van der Waals surface area contributed by atoms with E-state index >= 15 is 0 Å². The van der Waals surface area contributed by atoms with Crippen LogP contribution in [0.5, 0.6) is 0 Å². The van der Waals surface area contributed by atoms with Crippen molar-refractivity contribution in [3.05, 3.63) is 83.9 Å². The van der Waals surface area contributed by atoms with Gasteiger partial charge in [-0.1, -0.05) is 23.8 Å². The van der Waals surface area contributed by atoms with Crippen LogP contribution in [0.4, 0.5) is 5.69 Å². The first-order valence-electron chi connectivity index (χ1n) is 10.6. The number of thiocarbonyl (C=S) groups is 1. The quantitative estimate of drug-likeness (QED) is 0.547. The van der Waals surface area contributed by atoms with Crippen molar-refractivity contribution in [3.63, 3.8) is 0 Å². The zero-order valence-electron chi connectivity index (χ0n) is 17.8. The molecule has 1 aliphatic rings. The van der Waals surface area contributed by atoms with Gasteiger partial charge < -0.3 is 20.1 Å². The van der Waals surface area contributed by atoms with Gasteiger partial charge in [-0.15, -0.1) is 0 Å². The second kappa shape index (κ2) is 9.31. The van der Waals surface area contributed by atoms with Crippen LogP contribution in [-0.4, -0.2) is 32.0 Å². The Morgan fingerprint density at radius 1 is 1.16 bits per heavy atom. The Labute approximate surface area is 188 Å². The van der Waals surface area contributed by atoms with Crippen molar-refractivity contribution in [2.24, 2.45) is 0 Å². The maximum Gasteiger partial charge on any atom is 0.226 e. The minimum atomic E-state index is -0.0749. The zero-order valence-corrected chi connectivity index (χ0v) is 18.6. The van der Waals surface area contributed by atoms with Crippen LogP contribution >= 0.6 is 12.2 Å². The Kier molecular flexibility index (Phi) is 6.32. The van der Waals surface area contributed by atoms with Gasteiger partial charge in [-0.2, -0.15) is 0 Å². The Morgan fingerprint density at radius 2 is 1.97 bits per heavy atom. The highest BCUT2D eigenvalue weighted by Gasteiger charge is 2.40. The van der Waals surface area contributed by atoms with Crippen molar-refractivity contribution in [2.45, 2.75) is 38.9 Å². The molecule has 7 heteroatoms. The molecule has 1 aromatic carbocycles. The summed E-state index contributed by atoms with van der Waals surface area (Å²) in [7, 11) is 0. The molecule has 1 aliphatic heterocycles. The molecule has 0 aliphatic carbocycles. The SMILES string of the molecule is CCn1cccc1[C@@H]1[C@H](c2ccccn2)NC(=S)N1CCC(=O)Nc1ccc(C)cc1. The Balaban J connectivity index is 1.54. The molecule has 6 nitrogen and oxygen atoms in total. The molecule has 4 rings (SSSR count). The van der Waals surface area contributed by atoms with Gasteiger partial charge in [0.25, 0.3) is 0 Å². The minimum absolute atomic E-state index is 0.0300. The summed E-state index contributed by atoms with van der Waals surface area (Å²) in [6.07, 6.45) is 4.22. The number of amides is 1. The number of nitrogens with zero attached hydrogens (tertiary/aromatic N) is 3. The fourth-order valence-electron chi connectivity index (χ4n) is 4.03. The highest BCUT2D eigenvalue weighted by Crippen LogP contribution is 2.38. The summed E-state index contributed by atoms with van der Waals surface area (Å²) < 4.78 is 2.22. The van der Waals surface area contributed by atoms with Crippen molar-refractivity contribution in [1.82, 2.24) is 19.8 Å². The van der Waals surface area contributed by atoms with Gasteiger partial charge in [0.2, 0.25) is 5.91 Å². The number of nitrogens with one attached hydrogen (secondary N) is 2. The lowest BCUT2D eigenvalue weighted by atomic mass is 10.0. The average molecular weight is 434 g/mol. The summed E-state index contributed by atoms with van der Waals surface area (Å²) >= 11 is 5.69.